The van der Waals surface area contributed by atoms with Crippen LogP contribution in [0.2, 0.25) is 5.02 Å². The Kier molecular flexibility index (Phi) is 3.79. The van der Waals surface area contributed by atoms with Crippen molar-refractivity contribution in [3.63, 3.8) is 0 Å². The van der Waals surface area contributed by atoms with E-state index in [1.165, 1.54) is 6.33 Å². The van der Waals surface area contributed by atoms with Crippen LogP contribution >= 0.6 is 11.6 Å². The Morgan fingerprint density at radius 2 is 2.15 bits per heavy atom. The van der Waals surface area contributed by atoms with Gasteiger partial charge in [-0.2, -0.15) is 0 Å². The zero-order valence-electron chi connectivity index (χ0n) is 14.5. The molecule has 2 aromatic heterocycles. The maximum Gasteiger partial charge on any atom is 0.225 e. The van der Waals surface area contributed by atoms with E-state index in [-0.39, 0.29) is 13.0 Å². The number of ether oxygens (including phenoxy) is 2. The summed E-state index contributed by atoms with van der Waals surface area (Å²) in [5.41, 5.74) is 3.10. The summed E-state index contributed by atoms with van der Waals surface area (Å²) in [6.07, 6.45) is 1.00. The van der Waals surface area contributed by atoms with Crippen LogP contribution in [0.15, 0.2) is 36.8 Å². The lowest BCUT2D eigenvalue weighted by atomic mass is 9.95. The van der Waals surface area contributed by atoms with Gasteiger partial charge in [0.2, 0.25) is 5.79 Å². The first-order valence-electron chi connectivity index (χ1n) is 8.74. The summed E-state index contributed by atoms with van der Waals surface area (Å²) >= 11 is 6.23. The molecule has 1 aromatic carbocycles. The van der Waals surface area contributed by atoms with E-state index in [4.69, 9.17) is 21.1 Å². The first-order chi connectivity index (χ1) is 13.0. The van der Waals surface area contributed by atoms with Crippen molar-refractivity contribution in [2.45, 2.75) is 44.2 Å². The maximum atomic E-state index is 11.2. The van der Waals surface area contributed by atoms with Gasteiger partial charge >= 0.3 is 0 Å². The van der Waals surface area contributed by atoms with E-state index in [2.05, 4.69) is 9.97 Å². The summed E-state index contributed by atoms with van der Waals surface area (Å²) in [7, 11) is 0. The molecule has 5 rings (SSSR count). The predicted molar refractivity (Wildman–Crippen MR) is 96.9 cm³/mol. The van der Waals surface area contributed by atoms with Crippen molar-refractivity contribution in [1.29, 1.82) is 0 Å². The Bertz CT molecular complexity index is 1040. The van der Waals surface area contributed by atoms with E-state index >= 15 is 0 Å². The van der Waals surface area contributed by atoms with Crippen molar-refractivity contribution in [2.75, 3.05) is 0 Å². The Morgan fingerprint density at radius 3 is 3.00 bits per heavy atom. The molecule has 2 aliphatic heterocycles. The third-order valence-electron chi connectivity index (χ3n) is 5.45. The molecule has 1 saturated heterocycles. The van der Waals surface area contributed by atoms with Crippen LogP contribution in [-0.4, -0.2) is 36.6 Å². The molecule has 0 amide bonds. The van der Waals surface area contributed by atoms with E-state index in [0.29, 0.717) is 10.7 Å². The summed E-state index contributed by atoms with van der Waals surface area (Å²) in [4.78, 5) is 8.51. The number of hydrogen-bond donors (Lipinski definition) is 2. The van der Waals surface area contributed by atoms with Crippen LogP contribution in [0.1, 0.15) is 35.6 Å². The first-order valence-corrected chi connectivity index (χ1v) is 9.12. The fourth-order valence-corrected chi connectivity index (χ4v) is 4.25. The summed E-state index contributed by atoms with van der Waals surface area (Å²) in [5.74, 6) is -1.88. The van der Waals surface area contributed by atoms with Gasteiger partial charge in [-0.3, -0.25) is 0 Å². The highest BCUT2D eigenvalue weighted by atomic mass is 35.5. The Morgan fingerprint density at radius 1 is 1.30 bits per heavy atom. The van der Waals surface area contributed by atoms with Gasteiger partial charge in [0.25, 0.3) is 0 Å². The number of aromatic nitrogens is 3. The molecule has 0 bridgehead atoms. The number of benzene rings is 1. The monoisotopic (exact) mass is 387 g/mol. The van der Waals surface area contributed by atoms with E-state index in [1.54, 1.807) is 16.7 Å². The molecule has 0 saturated carbocycles. The molecule has 2 aliphatic rings. The Labute approximate surface area is 160 Å². The number of aryl methyl sites for hydroxylation is 1. The minimum Gasteiger partial charge on any atom is -0.387 e. The van der Waals surface area contributed by atoms with Gasteiger partial charge in [-0.25, -0.2) is 9.97 Å². The second kappa shape index (κ2) is 5.98. The van der Waals surface area contributed by atoms with Crippen molar-refractivity contribution >= 4 is 22.6 Å². The van der Waals surface area contributed by atoms with Crippen molar-refractivity contribution in [3.8, 4) is 0 Å². The minimum atomic E-state index is -1.88. The van der Waals surface area contributed by atoms with Crippen LogP contribution in [0.5, 0.6) is 0 Å². The molecule has 1 fully saturated rings. The second-order valence-electron chi connectivity index (χ2n) is 6.99. The van der Waals surface area contributed by atoms with Crippen LogP contribution in [-0.2, 0) is 16.1 Å². The summed E-state index contributed by atoms with van der Waals surface area (Å²) in [6, 6.07) is 7.31. The van der Waals surface area contributed by atoms with Crippen LogP contribution in [0.25, 0.3) is 11.0 Å². The number of aliphatic hydroxyl groups is 2. The van der Waals surface area contributed by atoms with Crippen molar-refractivity contribution in [1.82, 2.24) is 14.5 Å². The van der Waals surface area contributed by atoms with E-state index < -0.39 is 24.2 Å². The molecule has 27 heavy (non-hydrogen) atoms. The highest BCUT2D eigenvalue weighted by Gasteiger charge is 2.56. The fourth-order valence-electron chi connectivity index (χ4n) is 4.01. The molecule has 2 N–H and O–H groups in total. The molecular formula is C19H18ClN3O4. The number of aliphatic hydroxyl groups excluding tert-OH is 1. The normalized spacial score (nSPS) is 30.1. The topological polar surface area (TPSA) is 89.6 Å². The number of rotatable bonds is 2. The van der Waals surface area contributed by atoms with E-state index in [0.717, 1.165) is 22.2 Å². The van der Waals surface area contributed by atoms with Gasteiger partial charge in [0.05, 0.1) is 12.3 Å². The zero-order valence-corrected chi connectivity index (χ0v) is 15.3. The smallest absolute Gasteiger partial charge is 0.225 e. The average molecular weight is 388 g/mol. The third-order valence-corrected chi connectivity index (χ3v) is 5.81. The Balaban J connectivity index is 1.51. The molecule has 4 heterocycles. The van der Waals surface area contributed by atoms with Gasteiger partial charge in [0.15, 0.2) is 0 Å². The number of halogens is 1. The summed E-state index contributed by atoms with van der Waals surface area (Å²) < 4.78 is 13.6. The third kappa shape index (κ3) is 2.43. The summed E-state index contributed by atoms with van der Waals surface area (Å²) in [6.45, 7) is 2.17. The number of hydrogen-bond acceptors (Lipinski definition) is 6. The fraction of sp³-hybridized carbons (Fsp3) is 0.368. The van der Waals surface area contributed by atoms with Crippen LogP contribution in [0.4, 0.5) is 0 Å². The second-order valence-corrected chi connectivity index (χ2v) is 7.40. The number of nitrogens with zero attached hydrogens (tertiary/aromatic N) is 3. The lowest BCUT2D eigenvalue weighted by Crippen LogP contribution is -2.45. The number of fused-ring (bicyclic) bond motifs is 2. The summed E-state index contributed by atoms with van der Waals surface area (Å²) in [5, 5.41) is 23.4. The molecule has 4 atom stereocenters. The average Bonchev–Trinajstić information content (AvgIpc) is 3.33. The minimum absolute atomic E-state index is 0.207. The molecule has 7 nitrogen and oxygen atoms in total. The van der Waals surface area contributed by atoms with Crippen molar-refractivity contribution < 1.29 is 19.7 Å². The van der Waals surface area contributed by atoms with Gasteiger partial charge in [-0.05, 0) is 24.6 Å². The highest BCUT2D eigenvalue weighted by Crippen LogP contribution is 2.49. The van der Waals surface area contributed by atoms with Crippen LogP contribution in [0, 0.1) is 6.92 Å². The van der Waals surface area contributed by atoms with Crippen LogP contribution < -0.4 is 0 Å². The van der Waals surface area contributed by atoms with Crippen molar-refractivity contribution in [2.24, 2.45) is 0 Å². The SMILES string of the molecule is Cc1ncnc2c1ccn2[C@H]1C[C@H](O)[C@@](O)([C@@H]2OCc3c(Cl)cccc32)O1. The standard InChI is InChI=1S/C19H18ClN3O4/c1-10-11-5-6-23(18(11)22-9-21-10)16-7-15(24)19(25,27-16)17-12-3-2-4-14(20)13(12)8-26-17/h2-6,9,15-17,24-25H,7-8H2,1H3/t15-,16+,17+,19-/m0/s1. The molecule has 0 radical (unpaired) electrons. The molecule has 0 aliphatic carbocycles. The molecular weight excluding hydrogens is 370 g/mol. The molecule has 0 spiro atoms. The van der Waals surface area contributed by atoms with Gasteiger partial charge in [-0.15, -0.1) is 0 Å². The largest absolute Gasteiger partial charge is 0.387 e. The first kappa shape index (κ1) is 17.1. The van der Waals surface area contributed by atoms with E-state index in [1.807, 2.05) is 25.3 Å². The van der Waals surface area contributed by atoms with Gasteiger partial charge in [0.1, 0.15) is 30.4 Å². The molecule has 3 aromatic rings. The van der Waals surface area contributed by atoms with Crippen molar-refractivity contribution in [3.05, 3.63) is 58.6 Å². The maximum absolute atomic E-state index is 11.2. The van der Waals surface area contributed by atoms with Gasteiger partial charge in [-0.1, -0.05) is 23.7 Å². The molecule has 8 heteroatoms. The lowest BCUT2D eigenvalue weighted by molar-refractivity contribution is -0.292. The zero-order chi connectivity index (χ0) is 18.8. The van der Waals surface area contributed by atoms with Crippen LogP contribution in [0.3, 0.4) is 0 Å². The predicted octanol–water partition coefficient (Wildman–Crippen LogP) is 2.63. The van der Waals surface area contributed by atoms with E-state index in [9.17, 15) is 10.2 Å². The quantitative estimate of drug-likeness (QED) is 0.702. The lowest BCUT2D eigenvalue weighted by Gasteiger charge is -2.32. The molecule has 140 valence electrons. The molecule has 0 unspecified atom stereocenters. The Hall–Kier alpha value is -2.03. The van der Waals surface area contributed by atoms with Gasteiger partial charge < -0.3 is 24.3 Å². The van der Waals surface area contributed by atoms with Gasteiger partial charge in [0, 0.05) is 28.6 Å². The highest BCUT2D eigenvalue weighted by molar-refractivity contribution is 6.31.